The Balaban J connectivity index is 2.48. The van der Waals surface area contributed by atoms with Crippen molar-refractivity contribution in [3.63, 3.8) is 0 Å². The molecule has 2 atom stereocenters. The van der Waals surface area contributed by atoms with Gasteiger partial charge in [-0.2, -0.15) is 9.99 Å². The number of carboxylic acids is 1. The fraction of sp³-hybridized carbons (Fsp3) is 0.312. The van der Waals surface area contributed by atoms with Crippen LogP contribution in [0.25, 0.3) is 11.4 Å². The smallest absolute Gasteiger partial charge is 0.357 e. The van der Waals surface area contributed by atoms with Gasteiger partial charge in [0.1, 0.15) is 11.9 Å². The van der Waals surface area contributed by atoms with E-state index in [9.17, 15) is 10.0 Å². The van der Waals surface area contributed by atoms with Crippen molar-refractivity contribution in [3.05, 3.63) is 35.7 Å². The van der Waals surface area contributed by atoms with E-state index in [2.05, 4.69) is 11.1 Å². The van der Waals surface area contributed by atoms with Crippen LogP contribution in [0.5, 0.6) is 5.75 Å². The molecule has 7 nitrogen and oxygen atoms in total. The molecule has 2 rings (SSSR count). The zero-order chi connectivity index (χ0) is 17.1. The second-order valence-corrected chi connectivity index (χ2v) is 5.22. The molecule has 2 unspecified atom stereocenters. The van der Waals surface area contributed by atoms with Gasteiger partial charge in [-0.15, -0.1) is 0 Å². The Kier molecular flexibility index (Phi) is 4.55. The third kappa shape index (κ3) is 3.11. The lowest BCUT2D eigenvalue weighted by atomic mass is 10.1. The average molecular weight is 315 g/mol. The highest BCUT2D eigenvalue weighted by Gasteiger charge is 2.23. The van der Waals surface area contributed by atoms with E-state index in [1.54, 1.807) is 38.1 Å². The van der Waals surface area contributed by atoms with Crippen LogP contribution in [0.2, 0.25) is 0 Å². The first-order valence-corrected chi connectivity index (χ1v) is 7.04. The molecule has 1 aromatic heterocycles. The zero-order valence-electron chi connectivity index (χ0n) is 13.0. The quantitative estimate of drug-likeness (QED) is 0.821. The highest BCUT2D eigenvalue weighted by atomic mass is 16.5. The molecular formula is C16H17N3O4. The lowest BCUT2D eigenvalue weighted by molar-refractivity contribution is 0.0645. The summed E-state index contributed by atoms with van der Waals surface area (Å²) in [6.07, 6.45) is -0.372. The zero-order valence-corrected chi connectivity index (χ0v) is 13.0. The maximum absolute atomic E-state index is 11.2. The van der Waals surface area contributed by atoms with E-state index in [1.807, 2.05) is 0 Å². The number of aryl methyl sites for hydroxylation is 1. The standard InChI is InChI=1S/C16H17N3O4/c1-9(8-17)11(3)23-13-7-5-4-6-12(13)15-18-10(2)14(16(20)21)19(15)22/h4-7,9,11,22H,1-3H3,(H,20,21). The van der Waals surface area contributed by atoms with Crippen LogP contribution < -0.4 is 4.74 Å². The van der Waals surface area contributed by atoms with Crippen molar-refractivity contribution < 1.29 is 19.8 Å². The lowest BCUT2D eigenvalue weighted by Crippen LogP contribution is -2.20. The highest BCUT2D eigenvalue weighted by Crippen LogP contribution is 2.31. The number of benzene rings is 1. The second-order valence-electron chi connectivity index (χ2n) is 5.22. The minimum Gasteiger partial charge on any atom is -0.489 e. The van der Waals surface area contributed by atoms with E-state index in [4.69, 9.17) is 15.1 Å². The van der Waals surface area contributed by atoms with Gasteiger partial charge in [-0.25, -0.2) is 9.78 Å². The fourth-order valence-corrected chi connectivity index (χ4v) is 2.10. The summed E-state index contributed by atoms with van der Waals surface area (Å²) in [7, 11) is 0. The molecule has 0 radical (unpaired) electrons. The summed E-state index contributed by atoms with van der Waals surface area (Å²) >= 11 is 0. The molecule has 0 aliphatic carbocycles. The number of aromatic nitrogens is 2. The first-order chi connectivity index (χ1) is 10.9. The fourth-order valence-electron chi connectivity index (χ4n) is 2.10. The molecule has 0 spiro atoms. The van der Waals surface area contributed by atoms with Crippen molar-refractivity contribution in [3.8, 4) is 23.2 Å². The van der Waals surface area contributed by atoms with Crippen LogP contribution in [-0.4, -0.2) is 32.1 Å². The molecule has 0 bridgehead atoms. The Hall–Kier alpha value is -3.01. The molecule has 23 heavy (non-hydrogen) atoms. The van der Waals surface area contributed by atoms with Crippen molar-refractivity contribution in [2.75, 3.05) is 0 Å². The van der Waals surface area contributed by atoms with Gasteiger partial charge in [-0.1, -0.05) is 12.1 Å². The van der Waals surface area contributed by atoms with Gasteiger partial charge in [0.15, 0.2) is 11.5 Å². The van der Waals surface area contributed by atoms with Crippen molar-refractivity contribution in [1.29, 1.82) is 5.26 Å². The summed E-state index contributed by atoms with van der Waals surface area (Å²) in [5.41, 5.74) is 0.346. The molecule has 7 heteroatoms. The van der Waals surface area contributed by atoms with E-state index in [1.165, 1.54) is 6.92 Å². The van der Waals surface area contributed by atoms with Gasteiger partial charge < -0.3 is 15.1 Å². The Morgan fingerprint density at radius 1 is 1.39 bits per heavy atom. The van der Waals surface area contributed by atoms with Crippen molar-refractivity contribution in [1.82, 2.24) is 9.71 Å². The van der Waals surface area contributed by atoms with E-state index >= 15 is 0 Å². The van der Waals surface area contributed by atoms with E-state index in [0.717, 1.165) is 0 Å². The van der Waals surface area contributed by atoms with Crippen LogP contribution in [0, 0.1) is 24.2 Å². The van der Waals surface area contributed by atoms with Crippen LogP contribution in [0.15, 0.2) is 24.3 Å². The normalized spacial score (nSPS) is 13.1. The number of nitriles is 1. The van der Waals surface area contributed by atoms with Crippen molar-refractivity contribution >= 4 is 5.97 Å². The van der Waals surface area contributed by atoms with Crippen LogP contribution in [0.1, 0.15) is 30.0 Å². The van der Waals surface area contributed by atoms with Crippen LogP contribution in [-0.2, 0) is 0 Å². The van der Waals surface area contributed by atoms with Crippen LogP contribution >= 0.6 is 0 Å². The Morgan fingerprint density at radius 2 is 2.04 bits per heavy atom. The number of aromatic carboxylic acids is 1. The minimum atomic E-state index is -1.27. The number of para-hydroxylation sites is 1. The van der Waals surface area contributed by atoms with Crippen molar-refractivity contribution in [2.24, 2.45) is 5.92 Å². The summed E-state index contributed by atoms with van der Waals surface area (Å²) in [6.45, 7) is 5.01. The Bertz CT molecular complexity index is 776. The van der Waals surface area contributed by atoms with E-state index < -0.39 is 5.97 Å². The molecule has 0 amide bonds. The predicted octanol–water partition coefficient (Wildman–Crippen LogP) is 2.72. The summed E-state index contributed by atoms with van der Waals surface area (Å²) in [5, 5.41) is 28.2. The molecule has 0 aliphatic heterocycles. The SMILES string of the molecule is Cc1nc(-c2ccccc2OC(C)C(C)C#N)n(O)c1C(=O)O. The summed E-state index contributed by atoms with van der Waals surface area (Å²) < 4.78 is 6.32. The summed E-state index contributed by atoms with van der Waals surface area (Å²) in [4.78, 5) is 15.3. The number of rotatable bonds is 5. The Morgan fingerprint density at radius 3 is 2.61 bits per heavy atom. The third-order valence-corrected chi connectivity index (χ3v) is 3.58. The Labute approximate surface area is 133 Å². The molecule has 1 aromatic carbocycles. The van der Waals surface area contributed by atoms with E-state index in [-0.39, 0.29) is 29.2 Å². The first-order valence-electron chi connectivity index (χ1n) is 7.04. The number of nitrogens with zero attached hydrogens (tertiary/aromatic N) is 3. The molecule has 120 valence electrons. The molecule has 0 aliphatic rings. The van der Waals surface area contributed by atoms with Gasteiger partial charge in [0, 0.05) is 0 Å². The van der Waals surface area contributed by atoms with Gasteiger partial charge in [0.2, 0.25) is 0 Å². The summed E-state index contributed by atoms with van der Waals surface area (Å²) in [5.74, 6) is -1.10. The van der Waals surface area contributed by atoms with Crippen LogP contribution in [0.4, 0.5) is 0 Å². The van der Waals surface area contributed by atoms with Gasteiger partial charge in [-0.3, -0.25) is 0 Å². The molecule has 0 fully saturated rings. The number of carboxylic acid groups (broad SMARTS) is 1. The maximum atomic E-state index is 11.2. The molecule has 0 saturated carbocycles. The molecule has 2 aromatic rings. The van der Waals surface area contributed by atoms with Gasteiger partial charge in [0.25, 0.3) is 0 Å². The van der Waals surface area contributed by atoms with Gasteiger partial charge in [-0.05, 0) is 32.9 Å². The monoisotopic (exact) mass is 315 g/mol. The number of ether oxygens (including phenoxy) is 1. The number of hydrogen-bond donors (Lipinski definition) is 2. The molecule has 0 saturated heterocycles. The molecule has 1 heterocycles. The lowest BCUT2D eigenvalue weighted by Gasteiger charge is -2.18. The highest BCUT2D eigenvalue weighted by molar-refractivity contribution is 5.88. The van der Waals surface area contributed by atoms with Gasteiger partial charge >= 0.3 is 5.97 Å². The predicted molar refractivity (Wildman–Crippen MR) is 81.4 cm³/mol. The topological polar surface area (TPSA) is 108 Å². The minimum absolute atomic E-state index is 0.0762. The third-order valence-electron chi connectivity index (χ3n) is 3.58. The number of imidazole rings is 1. The first kappa shape index (κ1) is 16.4. The maximum Gasteiger partial charge on any atom is 0.357 e. The number of hydrogen-bond acceptors (Lipinski definition) is 5. The van der Waals surface area contributed by atoms with Gasteiger partial charge in [0.05, 0.1) is 23.2 Å². The summed E-state index contributed by atoms with van der Waals surface area (Å²) in [6, 6.07) is 8.93. The van der Waals surface area contributed by atoms with E-state index in [0.29, 0.717) is 16.0 Å². The molecular weight excluding hydrogens is 298 g/mol. The average Bonchev–Trinajstić information content (AvgIpc) is 2.81. The second kappa shape index (κ2) is 6.40. The number of carbonyl (C=O) groups is 1. The largest absolute Gasteiger partial charge is 0.489 e. The van der Waals surface area contributed by atoms with Crippen molar-refractivity contribution in [2.45, 2.75) is 26.9 Å². The molecule has 2 N–H and O–H groups in total. The van der Waals surface area contributed by atoms with Crippen LogP contribution in [0.3, 0.4) is 0 Å².